The minimum Gasteiger partial charge on any atom is -0.372 e. The Hall–Kier alpha value is -2.38. The van der Waals surface area contributed by atoms with Crippen molar-refractivity contribution in [3.05, 3.63) is 60.2 Å². The van der Waals surface area contributed by atoms with E-state index in [-0.39, 0.29) is 18.7 Å². The van der Waals surface area contributed by atoms with Crippen molar-refractivity contribution in [3.8, 4) is 11.1 Å². The van der Waals surface area contributed by atoms with Crippen LogP contribution in [0.1, 0.15) is 12.0 Å². The Kier molecular flexibility index (Phi) is 6.13. The number of alkyl halides is 3. The molecule has 0 bridgehead atoms. The molecule has 1 amide bonds. The second kappa shape index (κ2) is 8.54. The average Bonchev–Trinajstić information content (AvgIpc) is 3.12. The number of halogens is 3. The van der Waals surface area contributed by atoms with Crippen LogP contribution in [0.15, 0.2) is 54.6 Å². The summed E-state index contributed by atoms with van der Waals surface area (Å²) in [4.78, 5) is 10.9. The second-order valence-electron chi connectivity index (χ2n) is 6.50. The summed E-state index contributed by atoms with van der Waals surface area (Å²) >= 11 is 0. The zero-order chi connectivity index (χ0) is 19.3. The van der Waals surface area contributed by atoms with E-state index < -0.39 is 12.1 Å². The van der Waals surface area contributed by atoms with Crippen molar-refractivity contribution in [2.45, 2.75) is 31.3 Å². The van der Waals surface area contributed by atoms with Gasteiger partial charge in [-0.1, -0.05) is 54.6 Å². The third kappa shape index (κ3) is 5.30. The highest BCUT2D eigenvalue weighted by Crippen LogP contribution is 2.25. The molecule has 2 N–H and O–H groups in total. The van der Waals surface area contributed by atoms with E-state index in [0.29, 0.717) is 19.6 Å². The van der Waals surface area contributed by atoms with Gasteiger partial charge in [-0.3, -0.25) is 4.79 Å². The fourth-order valence-electron chi connectivity index (χ4n) is 3.13. The van der Waals surface area contributed by atoms with Crippen molar-refractivity contribution in [2.75, 3.05) is 13.1 Å². The SMILES string of the molecule is O=C(NC[C@@H]1C[C@@H](OCc2ccccc2-c2ccccc2)CN1)C(F)(F)F. The zero-order valence-corrected chi connectivity index (χ0v) is 14.6. The average molecular weight is 378 g/mol. The number of carbonyl (C=O) groups excluding carboxylic acids is 1. The van der Waals surface area contributed by atoms with Crippen molar-refractivity contribution in [1.82, 2.24) is 10.6 Å². The Balaban J connectivity index is 1.51. The first-order valence-electron chi connectivity index (χ1n) is 8.77. The zero-order valence-electron chi connectivity index (χ0n) is 14.6. The van der Waals surface area contributed by atoms with Crippen LogP contribution in [0.2, 0.25) is 0 Å². The van der Waals surface area contributed by atoms with E-state index in [9.17, 15) is 18.0 Å². The molecule has 0 aliphatic carbocycles. The van der Waals surface area contributed by atoms with E-state index in [4.69, 9.17) is 4.74 Å². The fourth-order valence-corrected chi connectivity index (χ4v) is 3.13. The molecule has 2 aromatic rings. The Bertz CT molecular complexity index is 765. The Labute approximate surface area is 155 Å². The van der Waals surface area contributed by atoms with Crippen LogP contribution in [0, 0.1) is 0 Å². The molecule has 0 aromatic heterocycles. The number of ether oxygens (including phenoxy) is 1. The first kappa shape index (κ1) is 19.4. The lowest BCUT2D eigenvalue weighted by atomic mass is 10.0. The van der Waals surface area contributed by atoms with Gasteiger partial charge in [-0.05, 0) is 23.1 Å². The third-order valence-corrected chi connectivity index (χ3v) is 4.52. The minimum absolute atomic E-state index is 0.0706. The van der Waals surface area contributed by atoms with E-state index in [0.717, 1.165) is 16.7 Å². The van der Waals surface area contributed by atoms with Gasteiger partial charge in [-0.2, -0.15) is 13.2 Å². The molecule has 7 heteroatoms. The van der Waals surface area contributed by atoms with Gasteiger partial charge < -0.3 is 15.4 Å². The number of carbonyl (C=O) groups is 1. The first-order chi connectivity index (χ1) is 12.9. The monoisotopic (exact) mass is 378 g/mol. The third-order valence-electron chi connectivity index (χ3n) is 4.52. The van der Waals surface area contributed by atoms with Gasteiger partial charge in [0.25, 0.3) is 0 Å². The Morgan fingerprint density at radius 1 is 1.11 bits per heavy atom. The van der Waals surface area contributed by atoms with Crippen molar-refractivity contribution in [3.63, 3.8) is 0 Å². The summed E-state index contributed by atoms with van der Waals surface area (Å²) in [5.41, 5.74) is 3.25. The summed E-state index contributed by atoms with van der Waals surface area (Å²) in [6, 6.07) is 17.7. The maximum absolute atomic E-state index is 12.2. The molecule has 27 heavy (non-hydrogen) atoms. The van der Waals surface area contributed by atoms with E-state index in [1.54, 1.807) is 0 Å². The maximum atomic E-state index is 12.2. The largest absolute Gasteiger partial charge is 0.471 e. The van der Waals surface area contributed by atoms with Gasteiger partial charge in [0.1, 0.15) is 0 Å². The molecule has 3 rings (SSSR count). The lowest BCUT2D eigenvalue weighted by Gasteiger charge is -2.15. The van der Waals surface area contributed by atoms with Crippen molar-refractivity contribution >= 4 is 5.91 Å². The van der Waals surface area contributed by atoms with Gasteiger partial charge in [-0.15, -0.1) is 0 Å². The number of rotatable bonds is 6. The molecule has 144 valence electrons. The Morgan fingerprint density at radius 2 is 1.81 bits per heavy atom. The summed E-state index contributed by atoms with van der Waals surface area (Å²) in [6.45, 7) is 0.887. The topological polar surface area (TPSA) is 50.4 Å². The normalized spacial score (nSPS) is 19.8. The standard InChI is InChI=1S/C20H21F3N2O2/c21-20(22,23)19(26)25-11-16-10-17(12-24-16)27-13-15-8-4-5-9-18(15)14-6-2-1-3-7-14/h1-9,16-17,24H,10-13H2,(H,25,26)/t16-,17+/m0/s1. The predicted molar refractivity (Wildman–Crippen MR) is 95.9 cm³/mol. The first-order valence-corrected chi connectivity index (χ1v) is 8.77. The van der Waals surface area contributed by atoms with Gasteiger partial charge in [-0.25, -0.2) is 0 Å². The molecule has 0 saturated carbocycles. The molecular weight excluding hydrogens is 357 g/mol. The molecule has 1 fully saturated rings. The lowest BCUT2D eigenvalue weighted by Crippen LogP contribution is -2.43. The van der Waals surface area contributed by atoms with Gasteiger partial charge in [0.2, 0.25) is 0 Å². The van der Waals surface area contributed by atoms with Gasteiger partial charge >= 0.3 is 12.1 Å². The van der Waals surface area contributed by atoms with E-state index in [1.807, 2.05) is 59.9 Å². The Morgan fingerprint density at radius 3 is 2.56 bits per heavy atom. The fraction of sp³-hybridized carbons (Fsp3) is 0.350. The smallest absolute Gasteiger partial charge is 0.372 e. The van der Waals surface area contributed by atoms with Gasteiger partial charge in [0.05, 0.1) is 12.7 Å². The van der Waals surface area contributed by atoms with Crippen LogP contribution in [-0.2, 0) is 16.1 Å². The molecule has 2 aromatic carbocycles. The van der Waals surface area contributed by atoms with Crippen LogP contribution in [0.3, 0.4) is 0 Å². The molecule has 0 spiro atoms. The van der Waals surface area contributed by atoms with Crippen molar-refractivity contribution in [1.29, 1.82) is 0 Å². The number of benzene rings is 2. The van der Waals surface area contributed by atoms with Crippen LogP contribution in [0.25, 0.3) is 11.1 Å². The lowest BCUT2D eigenvalue weighted by molar-refractivity contribution is -0.173. The molecule has 1 aliphatic heterocycles. The van der Waals surface area contributed by atoms with Gasteiger partial charge in [0, 0.05) is 19.1 Å². The summed E-state index contributed by atoms with van der Waals surface area (Å²) < 4.78 is 42.6. The number of hydrogen-bond acceptors (Lipinski definition) is 3. The number of nitrogens with one attached hydrogen (secondary N) is 2. The van der Waals surface area contributed by atoms with Crippen molar-refractivity contribution in [2.24, 2.45) is 0 Å². The van der Waals surface area contributed by atoms with Crippen LogP contribution >= 0.6 is 0 Å². The highest BCUT2D eigenvalue weighted by Gasteiger charge is 2.39. The molecule has 2 atom stereocenters. The molecule has 1 heterocycles. The summed E-state index contributed by atoms with van der Waals surface area (Å²) in [6.07, 6.45) is -4.41. The van der Waals surface area contributed by atoms with Crippen LogP contribution < -0.4 is 10.6 Å². The highest BCUT2D eigenvalue weighted by atomic mass is 19.4. The maximum Gasteiger partial charge on any atom is 0.471 e. The molecular formula is C20H21F3N2O2. The predicted octanol–water partition coefficient (Wildman–Crippen LogP) is 3.28. The number of hydrogen-bond donors (Lipinski definition) is 2. The van der Waals surface area contributed by atoms with E-state index >= 15 is 0 Å². The molecule has 1 aliphatic rings. The molecule has 0 radical (unpaired) electrons. The summed E-state index contributed by atoms with van der Waals surface area (Å²) in [5.74, 6) is -1.91. The molecule has 4 nitrogen and oxygen atoms in total. The highest BCUT2D eigenvalue weighted by molar-refractivity contribution is 5.81. The van der Waals surface area contributed by atoms with E-state index in [2.05, 4.69) is 5.32 Å². The van der Waals surface area contributed by atoms with E-state index in [1.165, 1.54) is 0 Å². The van der Waals surface area contributed by atoms with Crippen LogP contribution in [0.5, 0.6) is 0 Å². The quantitative estimate of drug-likeness (QED) is 0.811. The van der Waals surface area contributed by atoms with Crippen LogP contribution in [-0.4, -0.2) is 37.3 Å². The second-order valence-corrected chi connectivity index (χ2v) is 6.50. The molecule has 1 saturated heterocycles. The van der Waals surface area contributed by atoms with Crippen molar-refractivity contribution < 1.29 is 22.7 Å². The van der Waals surface area contributed by atoms with Crippen LogP contribution in [0.4, 0.5) is 13.2 Å². The summed E-state index contributed by atoms with van der Waals surface area (Å²) in [7, 11) is 0. The van der Waals surface area contributed by atoms with Gasteiger partial charge in [0.15, 0.2) is 0 Å². The minimum atomic E-state index is -4.85. The summed E-state index contributed by atoms with van der Waals surface area (Å²) in [5, 5.41) is 5.00. The molecule has 0 unspecified atom stereocenters. The number of amides is 1.